The summed E-state index contributed by atoms with van der Waals surface area (Å²) in [4.78, 5) is 12.5. The lowest BCUT2D eigenvalue weighted by Crippen LogP contribution is -2.27. The molecule has 10 heteroatoms. The standard InChI is InChI=1S/C18H17F3N2O4S/c1-28(25,26)23-9-8-12-10-13(6-7-15(12)23)17(24)22-14-4-2-3-5-16(14)27-11-18(19,20)21/h2-7,10H,8-9,11H2,1H3,(H,22,24). The quantitative estimate of drug-likeness (QED) is 0.815. The van der Waals surface area contributed by atoms with E-state index in [0.29, 0.717) is 24.2 Å². The molecule has 0 fully saturated rings. The van der Waals surface area contributed by atoms with Crippen molar-refractivity contribution in [2.75, 3.05) is 29.0 Å². The average Bonchev–Trinajstić information content (AvgIpc) is 3.03. The molecular weight excluding hydrogens is 397 g/mol. The summed E-state index contributed by atoms with van der Waals surface area (Å²) >= 11 is 0. The van der Waals surface area contributed by atoms with E-state index < -0.39 is 28.7 Å². The van der Waals surface area contributed by atoms with Gasteiger partial charge >= 0.3 is 6.18 Å². The number of nitrogens with one attached hydrogen (secondary N) is 1. The first-order valence-corrected chi connectivity index (χ1v) is 10.1. The van der Waals surface area contributed by atoms with Crippen LogP contribution in [0.15, 0.2) is 42.5 Å². The number of carbonyl (C=O) groups is 1. The summed E-state index contributed by atoms with van der Waals surface area (Å²) in [5.74, 6) is -0.638. The summed E-state index contributed by atoms with van der Waals surface area (Å²) in [6.45, 7) is -1.17. The first-order valence-electron chi connectivity index (χ1n) is 8.25. The fraction of sp³-hybridized carbons (Fsp3) is 0.278. The highest BCUT2D eigenvalue weighted by atomic mass is 32.2. The lowest BCUT2D eigenvalue weighted by Gasteiger charge is -2.17. The lowest BCUT2D eigenvalue weighted by atomic mass is 10.1. The molecule has 6 nitrogen and oxygen atoms in total. The number of halogens is 3. The molecule has 0 aromatic heterocycles. The van der Waals surface area contributed by atoms with Gasteiger partial charge in [0.05, 0.1) is 17.6 Å². The van der Waals surface area contributed by atoms with Crippen molar-refractivity contribution in [1.29, 1.82) is 0 Å². The molecule has 1 amide bonds. The Morgan fingerprint density at radius 2 is 1.93 bits per heavy atom. The van der Waals surface area contributed by atoms with E-state index in [0.717, 1.165) is 6.26 Å². The number of carbonyl (C=O) groups excluding carboxylic acids is 1. The maximum absolute atomic E-state index is 12.5. The van der Waals surface area contributed by atoms with Crippen molar-refractivity contribution in [3.05, 3.63) is 53.6 Å². The first kappa shape index (κ1) is 20.0. The van der Waals surface area contributed by atoms with Gasteiger partial charge < -0.3 is 10.1 Å². The highest BCUT2D eigenvalue weighted by Gasteiger charge is 2.29. The number of nitrogens with zero attached hydrogens (tertiary/aromatic N) is 1. The van der Waals surface area contributed by atoms with Gasteiger partial charge in [-0.25, -0.2) is 8.42 Å². The molecule has 2 aromatic carbocycles. The van der Waals surface area contributed by atoms with Crippen molar-refractivity contribution in [2.45, 2.75) is 12.6 Å². The second-order valence-corrected chi connectivity index (χ2v) is 8.19. The number of sulfonamides is 1. The molecule has 28 heavy (non-hydrogen) atoms. The minimum atomic E-state index is -4.50. The average molecular weight is 414 g/mol. The van der Waals surface area contributed by atoms with Crippen molar-refractivity contribution >= 4 is 27.3 Å². The molecule has 0 saturated heterocycles. The summed E-state index contributed by atoms with van der Waals surface area (Å²) in [5.41, 5.74) is 1.60. The second-order valence-electron chi connectivity index (χ2n) is 6.28. The number of anilines is 2. The topological polar surface area (TPSA) is 75.7 Å². The van der Waals surface area contributed by atoms with Gasteiger partial charge in [0.1, 0.15) is 5.75 Å². The summed E-state index contributed by atoms with van der Waals surface area (Å²) in [6, 6.07) is 10.4. The fourth-order valence-corrected chi connectivity index (χ4v) is 3.87. The molecule has 0 radical (unpaired) electrons. The number of fused-ring (bicyclic) bond motifs is 1. The van der Waals surface area contributed by atoms with Crippen molar-refractivity contribution < 1.29 is 31.1 Å². The van der Waals surface area contributed by atoms with Crippen LogP contribution >= 0.6 is 0 Å². The third-order valence-corrected chi connectivity index (χ3v) is 5.30. The van der Waals surface area contributed by atoms with E-state index >= 15 is 0 Å². The van der Waals surface area contributed by atoms with Gasteiger partial charge in [0.2, 0.25) is 10.0 Å². The lowest BCUT2D eigenvalue weighted by molar-refractivity contribution is -0.153. The van der Waals surface area contributed by atoms with Crippen LogP contribution in [0.5, 0.6) is 5.75 Å². The minimum absolute atomic E-state index is 0.0995. The number of hydrogen-bond donors (Lipinski definition) is 1. The van der Waals surface area contributed by atoms with Crippen LogP contribution in [-0.2, 0) is 16.4 Å². The van der Waals surface area contributed by atoms with E-state index in [1.165, 1.54) is 28.6 Å². The van der Waals surface area contributed by atoms with E-state index in [1.54, 1.807) is 18.2 Å². The molecule has 0 bridgehead atoms. The molecule has 2 aromatic rings. The number of alkyl halides is 3. The molecular formula is C18H17F3N2O4S. The van der Waals surface area contributed by atoms with E-state index in [-0.39, 0.29) is 17.0 Å². The van der Waals surface area contributed by atoms with Gasteiger partial charge in [-0.3, -0.25) is 9.10 Å². The Labute approximate surface area is 160 Å². The van der Waals surface area contributed by atoms with Crippen LogP contribution in [0.25, 0.3) is 0 Å². The third kappa shape index (κ3) is 4.56. The molecule has 0 saturated carbocycles. The Bertz CT molecular complexity index is 1010. The Kier molecular flexibility index (Phi) is 5.24. The molecule has 0 spiro atoms. The molecule has 0 aliphatic carbocycles. The zero-order valence-corrected chi connectivity index (χ0v) is 15.6. The van der Waals surface area contributed by atoms with Crippen molar-refractivity contribution in [1.82, 2.24) is 0 Å². The SMILES string of the molecule is CS(=O)(=O)N1CCc2cc(C(=O)Nc3ccccc3OCC(F)(F)F)ccc21. The molecule has 0 atom stereocenters. The van der Waals surface area contributed by atoms with Crippen molar-refractivity contribution in [3.8, 4) is 5.75 Å². The number of ether oxygens (including phenoxy) is 1. The van der Waals surface area contributed by atoms with E-state index in [9.17, 15) is 26.4 Å². The van der Waals surface area contributed by atoms with Gasteiger partial charge in [0.25, 0.3) is 5.91 Å². The Hall–Kier alpha value is -2.75. The normalized spacial score (nSPS) is 13.9. The van der Waals surface area contributed by atoms with Gasteiger partial charge in [-0.1, -0.05) is 12.1 Å². The summed E-state index contributed by atoms with van der Waals surface area (Å²) in [6.07, 6.45) is -2.92. The summed E-state index contributed by atoms with van der Waals surface area (Å²) in [5, 5.41) is 2.53. The van der Waals surface area contributed by atoms with Gasteiger partial charge in [0.15, 0.2) is 6.61 Å². The van der Waals surface area contributed by atoms with Crippen LogP contribution in [0.3, 0.4) is 0 Å². The molecule has 3 rings (SSSR count). The van der Waals surface area contributed by atoms with Crippen molar-refractivity contribution in [2.24, 2.45) is 0 Å². The predicted octanol–water partition coefficient (Wildman–Crippen LogP) is 3.20. The number of rotatable bonds is 5. The Balaban J connectivity index is 1.78. The van der Waals surface area contributed by atoms with Crippen LogP contribution in [-0.4, -0.2) is 39.9 Å². The highest BCUT2D eigenvalue weighted by molar-refractivity contribution is 7.92. The maximum atomic E-state index is 12.5. The van der Waals surface area contributed by atoms with Crippen LogP contribution in [0.4, 0.5) is 24.5 Å². The van der Waals surface area contributed by atoms with E-state index in [2.05, 4.69) is 5.32 Å². The monoisotopic (exact) mass is 414 g/mol. The molecule has 1 aliphatic heterocycles. The Morgan fingerprint density at radius 3 is 2.61 bits per heavy atom. The zero-order valence-electron chi connectivity index (χ0n) is 14.8. The number of hydrogen-bond acceptors (Lipinski definition) is 4. The van der Waals surface area contributed by atoms with E-state index in [1.807, 2.05) is 0 Å². The van der Waals surface area contributed by atoms with Crippen molar-refractivity contribution in [3.63, 3.8) is 0 Å². The summed E-state index contributed by atoms with van der Waals surface area (Å²) < 4.78 is 66.7. The highest BCUT2D eigenvalue weighted by Crippen LogP contribution is 2.31. The molecule has 1 aliphatic rings. The predicted molar refractivity (Wildman–Crippen MR) is 98.3 cm³/mol. The zero-order chi connectivity index (χ0) is 20.5. The smallest absolute Gasteiger partial charge is 0.422 e. The van der Waals surface area contributed by atoms with Gasteiger partial charge in [0, 0.05) is 12.1 Å². The van der Waals surface area contributed by atoms with Gasteiger partial charge in [-0.15, -0.1) is 0 Å². The van der Waals surface area contributed by atoms with Crippen LogP contribution in [0, 0.1) is 0 Å². The maximum Gasteiger partial charge on any atom is 0.422 e. The third-order valence-electron chi connectivity index (χ3n) is 4.12. The van der Waals surface area contributed by atoms with Gasteiger partial charge in [-0.05, 0) is 42.3 Å². The molecule has 150 valence electrons. The number of benzene rings is 2. The first-order chi connectivity index (χ1) is 13.0. The van der Waals surface area contributed by atoms with E-state index in [4.69, 9.17) is 4.74 Å². The minimum Gasteiger partial charge on any atom is -0.482 e. The van der Waals surface area contributed by atoms with Crippen LogP contribution < -0.4 is 14.4 Å². The van der Waals surface area contributed by atoms with Crippen LogP contribution in [0.1, 0.15) is 15.9 Å². The largest absolute Gasteiger partial charge is 0.482 e. The fourth-order valence-electron chi connectivity index (χ4n) is 2.91. The van der Waals surface area contributed by atoms with Crippen LogP contribution in [0.2, 0.25) is 0 Å². The summed E-state index contributed by atoms with van der Waals surface area (Å²) in [7, 11) is -3.40. The van der Waals surface area contributed by atoms with Gasteiger partial charge in [-0.2, -0.15) is 13.2 Å². The second kappa shape index (κ2) is 7.34. The Morgan fingerprint density at radius 1 is 1.21 bits per heavy atom. The molecule has 1 N–H and O–H groups in total. The number of amides is 1. The molecule has 0 unspecified atom stereocenters. The number of para-hydroxylation sites is 2. The molecule has 1 heterocycles.